The highest BCUT2D eigenvalue weighted by Crippen LogP contribution is 2.19. The first-order valence-corrected chi connectivity index (χ1v) is 7.29. The highest BCUT2D eigenvalue weighted by atomic mass is 16.4. The molecule has 2 aromatic rings. The van der Waals surface area contributed by atoms with Crippen LogP contribution in [0.25, 0.3) is 5.65 Å². The number of likely N-dealkylation sites (tertiary alicyclic amines) is 1. The Morgan fingerprint density at radius 1 is 1.50 bits per heavy atom. The molecule has 1 atom stereocenters. The maximum atomic E-state index is 10.7. The Hall–Kier alpha value is -2.42. The number of amides is 1. The number of nitrogens with zero attached hydrogens (tertiary/aromatic N) is 5. The van der Waals surface area contributed by atoms with Gasteiger partial charge < -0.3 is 15.3 Å². The third-order valence-corrected chi connectivity index (χ3v) is 3.99. The van der Waals surface area contributed by atoms with Crippen LogP contribution in [-0.2, 0) is 0 Å². The Labute approximate surface area is 127 Å². The molecule has 3 rings (SSSR count). The molecule has 0 aromatic carbocycles. The van der Waals surface area contributed by atoms with Gasteiger partial charge in [0.05, 0.1) is 0 Å². The van der Waals surface area contributed by atoms with E-state index in [1.807, 2.05) is 0 Å². The molecule has 3 N–H and O–H groups in total. The van der Waals surface area contributed by atoms with Crippen LogP contribution in [0.5, 0.6) is 0 Å². The summed E-state index contributed by atoms with van der Waals surface area (Å²) in [6, 6.07) is 0.606. The Morgan fingerprint density at radius 3 is 3.09 bits per heavy atom. The number of carbonyl (C=O) groups is 1. The summed E-state index contributed by atoms with van der Waals surface area (Å²) >= 11 is 0. The summed E-state index contributed by atoms with van der Waals surface area (Å²) in [7, 11) is 2.15. The molecule has 0 bridgehead atoms. The van der Waals surface area contributed by atoms with Gasteiger partial charge in [0.1, 0.15) is 0 Å². The van der Waals surface area contributed by atoms with E-state index in [1.165, 1.54) is 12.8 Å². The molecule has 0 aliphatic carbocycles. The van der Waals surface area contributed by atoms with Crippen LogP contribution in [0.1, 0.15) is 19.3 Å². The average molecular weight is 305 g/mol. The van der Waals surface area contributed by atoms with Crippen molar-refractivity contribution in [2.45, 2.75) is 25.3 Å². The van der Waals surface area contributed by atoms with Crippen LogP contribution in [0.2, 0.25) is 0 Å². The fourth-order valence-electron chi connectivity index (χ4n) is 2.83. The van der Waals surface area contributed by atoms with Gasteiger partial charge in [0.2, 0.25) is 11.6 Å². The van der Waals surface area contributed by atoms with Crippen molar-refractivity contribution >= 4 is 23.5 Å². The normalized spacial score (nSPS) is 18.7. The van der Waals surface area contributed by atoms with Gasteiger partial charge in [-0.05, 0) is 32.9 Å². The number of anilines is 2. The van der Waals surface area contributed by atoms with Gasteiger partial charge in [-0.15, -0.1) is 10.2 Å². The summed E-state index contributed by atoms with van der Waals surface area (Å²) in [5.74, 6) is 0.762. The molecule has 1 unspecified atom stereocenters. The molecule has 9 heteroatoms. The Balaban J connectivity index is 1.68. The van der Waals surface area contributed by atoms with Crippen LogP contribution < -0.4 is 10.6 Å². The molecular weight excluding hydrogens is 286 g/mol. The predicted octanol–water partition coefficient (Wildman–Crippen LogP) is 1.11. The lowest BCUT2D eigenvalue weighted by atomic mass is 10.1. The number of hydrogen-bond acceptors (Lipinski definition) is 6. The van der Waals surface area contributed by atoms with Gasteiger partial charge in [0.15, 0.2) is 5.82 Å². The van der Waals surface area contributed by atoms with E-state index in [1.54, 1.807) is 16.8 Å². The zero-order valence-electron chi connectivity index (χ0n) is 12.4. The number of nitrogens with one attached hydrogen (secondary N) is 2. The zero-order chi connectivity index (χ0) is 15.5. The first-order valence-electron chi connectivity index (χ1n) is 7.29. The molecule has 22 heavy (non-hydrogen) atoms. The highest BCUT2D eigenvalue weighted by Gasteiger charge is 2.20. The van der Waals surface area contributed by atoms with Crippen molar-refractivity contribution in [3.63, 3.8) is 0 Å². The smallest absolute Gasteiger partial charge is 0.411 e. The quantitative estimate of drug-likeness (QED) is 0.759. The first kappa shape index (κ1) is 14.5. The van der Waals surface area contributed by atoms with Gasteiger partial charge >= 0.3 is 6.09 Å². The predicted molar refractivity (Wildman–Crippen MR) is 81.2 cm³/mol. The van der Waals surface area contributed by atoms with Crippen molar-refractivity contribution in [1.82, 2.24) is 24.5 Å². The molecular formula is C13H19N7O2. The molecule has 0 radical (unpaired) electrons. The minimum atomic E-state index is -1.18. The van der Waals surface area contributed by atoms with Gasteiger partial charge in [-0.2, -0.15) is 0 Å². The summed E-state index contributed by atoms with van der Waals surface area (Å²) in [4.78, 5) is 17.4. The van der Waals surface area contributed by atoms with Crippen LogP contribution in [0.4, 0.5) is 16.6 Å². The maximum absolute atomic E-state index is 10.7. The van der Waals surface area contributed by atoms with E-state index in [4.69, 9.17) is 5.11 Å². The van der Waals surface area contributed by atoms with E-state index in [0.29, 0.717) is 17.5 Å². The van der Waals surface area contributed by atoms with E-state index in [2.05, 4.69) is 37.8 Å². The molecule has 1 amide bonds. The second-order valence-electron chi connectivity index (χ2n) is 5.42. The first-order chi connectivity index (χ1) is 10.6. The molecule has 0 saturated carbocycles. The van der Waals surface area contributed by atoms with E-state index in [-0.39, 0.29) is 5.95 Å². The Kier molecular flexibility index (Phi) is 4.05. The Bertz CT molecular complexity index is 671. The molecule has 9 nitrogen and oxygen atoms in total. The molecule has 1 aliphatic heterocycles. The van der Waals surface area contributed by atoms with Gasteiger partial charge in [-0.25, -0.2) is 9.78 Å². The number of rotatable bonds is 5. The van der Waals surface area contributed by atoms with Crippen molar-refractivity contribution in [3.05, 3.63) is 12.4 Å². The second kappa shape index (κ2) is 6.14. The van der Waals surface area contributed by atoms with Crippen LogP contribution in [0, 0.1) is 0 Å². The lowest BCUT2D eigenvalue weighted by molar-refractivity contribution is 0.209. The summed E-state index contributed by atoms with van der Waals surface area (Å²) in [6.45, 7) is 1.95. The third kappa shape index (κ3) is 2.93. The minimum absolute atomic E-state index is 0.156. The van der Waals surface area contributed by atoms with Gasteiger partial charge in [-0.1, -0.05) is 0 Å². The molecule has 118 valence electrons. The topological polar surface area (TPSA) is 108 Å². The Morgan fingerprint density at radius 2 is 2.36 bits per heavy atom. The summed E-state index contributed by atoms with van der Waals surface area (Å²) in [6.07, 6.45) is 5.55. The minimum Gasteiger partial charge on any atom is -0.465 e. The van der Waals surface area contributed by atoms with Crippen LogP contribution >= 0.6 is 0 Å². The van der Waals surface area contributed by atoms with E-state index in [0.717, 1.165) is 19.5 Å². The van der Waals surface area contributed by atoms with Crippen molar-refractivity contribution in [1.29, 1.82) is 0 Å². The zero-order valence-corrected chi connectivity index (χ0v) is 12.4. The average Bonchev–Trinajstić information content (AvgIpc) is 3.07. The number of carboxylic acid groups (broad SMARTS) is 1. The fourth-order valence-corrected chi connectivity index (χ4v) is 2.83. The van der Waals surface area contributed by atoms with E-state index >= 15 is 0 Å². The molecule has 2 aromatic heterocycles. The summed E-state index contributed by atoms with van der Waals surface area (Å²) < 4.78 is 1.56. The standard InChI is InChI=1S/C13H19N7O2/c1-19-7-2-3-9(19)4-5-14-10-11-17-18-12(16-13(21)22)20(11)8-6-15-10/h6,8-9H,2-5,7H2,1H3,(H,14,15)(H,16,18)(H,21,22). The lowest BCUT2D eigenvalue weighted by Crippen LogP contribution is -2.27. The largest absolute Gasteiger partial charge is 0.465 e. The van der Waals surface area contributed by atoms with Crippen LogP contribution in [0.3, 0.4) is 0 Å². The number of aromatic nitrogens is 4. The van der Waals surface area contributed by atoms with Gasteiger partial charge in [-0.3, -0.25) is 9.72 Å². The van der Waals surface area contributed by atoms with Crippen LogP contribution in [0.15, 0.2) is 12.4 Å². The van der Waals surface area contributed by atoms with Crippen LogP contribution in [-0.4, -0.2) is 61.9 Å². The monoisotopic (exact) mass is 305 g/mol. The molecule has 1 aliphatic rings. The third-order valence-electron chi connectivity index (χ3n) is 3.99. The van der Waals surface area contributed by atoms with Crippen molar-refractivity contribution in [2.24, 2.45) is 0 Å². The molecule has 1 saturated heterocycles. The number of fused-ring (bicyclic) bond motifs is 1. The summed E-state index contributed by atoms with van der Waals surface area (Å²) in [5.41, 5.74) is 0.506. The van der Waals surface area contributed by atoms with Gasteiger partial charge in [0.25, 0.3) is 0 Å². The SMILES string of the molecule is CN1CCCC1CCNc1nccn2c(NC(=O)O)nnc12. The van der Waals surface area contributed by atoms with E-state index < -0.39 is 6.09 Å². The highest BCUT2D eigenvalue weighted by molar-refractivity contribution is 5.81. The number of hydrogen-bond donors (Lipinski definition) is 3. The maximum Gasteiger partial charge on any atom is 0.411 e. The lowest BCUT2D eigenvalue weighted by Gasteiger charge is -2.19. The molecule has 0 spiro atoms. The molecule has 1 fully saturated rings. The van der Waals surface area contributed by atoms with E-state index in [9.17, 15) is 4.79 Å². The van der Waals surface area contributed by atoms with Crippen molar-refractivity contribution in [3.8, 4) is 0 Å². The fraction of sp³-hybridized carbons (Fsp3) is 0.538. The van der Waals surface area contributed by atoms with Crippen molar-refractivity contribution < 1.29 is 9.90 Å². The van der Waals surface area contributed by atoms with Gasteiger partial charge in [0, 0.05) is 25.0 Å². The molecule has 3 heterocycles. The summed E-state index contributed by atoms with van der Waals surface area (Å²) in [5, 5.41) is 22.1. The van der Waals surface area contributed by atoms with Crippen molar-refractivity contribution in [2.75, 3.05) is 30.8 Å². The second-order valence-corrected chi connectivity index (χ2v) is 5.42.